The Bertz CT molecular complexity index is 778. The summed E-state index contributed by atoms with van der Waals surface area (Å²) in [5.74, 6) is -0.260. The first-order chi connectivity index (χ1) is 12.5. The maximum atomic E-state index is 12.2. The first kappa shape index (κ1) is 19.6. The van der Waals surface area contributed by atoms with Crippen molar-refractivity contribution in [3.05, 3.63) is 58.6 Å². The number of aliphatic carboxylic acids is 1. The van der Waals surface area contributed by atoms with Gasteiger partial charge >= 0.3 is 5.97 Å². The molecule has 2 N–H and O–H groups in total. The van der Waals surface area contributed by atoms with Crippen LogP contribution in [0.1, 0.15) is 18.1 Å². The third kappa shape index (κ3) is 5.97. The zero-order valence-corrected chi connectivity index (χ0v) is 15.1. The second-order valence-corrected chi connectivity index (χ2v) is 5.85. The van der Waals surface area contributed by atoms with Gasteiger partial charge < -0.3 is 19.9 Å². The minimum atomic E-state index is -1.05. The van der Waals surface area contributed by atoms with Crippen molar-refractivity contribution in [2.45, 2.75) is 19.9 Å². The zero-order chi connectivity index (χ0) is 18.9. The SMILES string of the molecule is CCOc1c(Cl)cccc1CC(=O)NCc1cccc(OCC(=O)O)c1. The van der Waals surface area contributed by atoms with Crippen molar-refractivity contribution in [3.63, 3.8) is 0 Å². The third-order valence-corrected chi connectivity index (χ3v) is 3.74. The lowest BCUT2D eigenvalue weighted by molar-refractivity contribution is -0.139. The first-order valence-electron chi connectivity index (χ1n) is 8.10. The Balaban J connectivity index is 1.94. The molecule has 0 unspecified atom stereocenters. The van der Waals surface area contributed by atoms with Crippen LogP contribution in [0.25, 0.3) is 0 Å². The van der Waals surface area contributed by atoms with Gasteiger partial charge in [-0.2, -0.15) is 0 Å². The summed E-state index contributed by atoms with van der Waals surface area (Å²) in [6.07, 6.45) is 0.144. The molecule has 0 aliphatic carbocycles. The minimum absolute atomic E-state index is 0.144. The van der Waals surface area contributed by atoms with Crippen molar-refractivity contribution in [1.82, 2.24) is 5.32 Å². The Labute approximate surface area is 156 Å². The summed E-state index contributed by atoms with van der Waals surface area (Å²) < 4.78 is 10.6. The molecule has 138 valence electrons. The average Bonchev–Trinajstić information content (AvgIpc) is 2.61. The quantitative estimate of drug-likeness (QED) is 0.701. The van der Waals surface area contributed by atoms with Crippen LogP contribution in [-0.2, 0) is 22.6 Å². The Morgan fingerprint density at radius 1 is 1.15 bits per heavy atom. The molecule has 0 heterocycles. The van der Waals surface area contributed by atoms with Gasteiger partial charge in [0.05, 0.1) is 18.1 Å². The van der Waals surface area contributed by atoms with E-state index in [0.717, 1.165) is 11.1 Å². The smallest absolute Gasteiger partial charge is 0.341 e. The molecule has 26 heavy (non-hydrogen) atoms. The molecule has 7 heteroatoms. The van der Waals surface area contributed by atoms with Gasteiger partial charge in [-0.1, -0.05) is 35.9 Å². The molecule has 0 saturated heterocycles. The summed E-state index contributed by atoms with van der Waals surface area (Å²) in [6, 6.07) is 12.2. The van der Waals surface area contributed by atoms with Crippen LogP contribution in [-0.4, -0.2) is 30.2 Å². The van der Waals surface area contributed by atoms with E-state index in [-0.39, 0.29) is 12.3 Å². The van der Waals surface area contributed by atoms with Crippen molar-refractivity contribution < 1.29 is 24.2 Å². The summed E-state index contributed by atoms with van der Waals surface area (Å²) in [5, 5.41) is 11.9. The fraction of sp³-hybridized carbons (Fsp3) is 0.263. The van der Waals surface area contributed by atoms with Gasteiger partial charge in [-0.3, -0.25) is 4.79 Å². The molecule has 2 aromatic rings. The maximum Gasteiger partial charge on any atom is 0.341 e. The van der Waals surface area contributed by atoms with Gasteiger partial charge in [0.25, 0.3) is 0 Å². The van der Waals surface area contributed by atoms with E-state index in [9.17, 15) is 9.59 Å². The summed E-state index contributed by atoms with van der Waals surface area (Å²) >= 11 is 6.12. The van der Waals surface area contributed by atoms with Crippen LogP contribution in [0.2, 0.25) is 5.02 Å². The van der Waals surface area contributed by atoms with Gasteiger partial charge in [0, 0.05) is 12.1 Å². The van der Waals surface area contributed by atoms with Crippen LogP contribution in [0.3, 0.4) is 0 Å². The largest absolute Gasteiger partial charge is 0.492 e. The number of nitrogens with one attached hydrogen (secondary N) is 1. The number of ether oxygens (including phenoxy) is 2. The molecule has 1 amide bonds. The number of halogens is 1. The third-order valence-electron chi connectivity index (χ3n) is 3.44. The van der Waals surface area contributed by atoms with E-state index in [1.54, 1.807) is 36.4 Å². The molecule has 0 fully saturated rings. The number of amides is 1. The first-order valence-corrected chi connectivity index (χ1v) is 8.47. The van der Waals surface area contributed by atoms with E-state index in [2.05, 4.69) is 5.32 Å². The normalized spacial score (nSPS) is 10.2. The summed E-state index contributed by atoms with van der Waals surface area (Å²) in [7, 11) is 0. The molecule has 2 rings (SSSR count). The second kappa shape index (κ2) is 9.68. The van der Waals surface area contributed by atoms with Crippen molar-refractivity contribution in [2.75, 3.05) is 13.2 Å². The van der Waals surface area contributed by atoms with Crippen molar-refractivity contribution >= 4 is 23.5 Å². The second-order valence-electron chi connectivity index (χ2n) is 5.44. The topological polar surface area (TPSA) is 84.9 Å². The summed E-state index contributed by atoms with van der Waals surface area (Å²) in [5.41, 5.74) is 1.52. The molecule has 0 saturated carbocycles. The molecular weight excluding hydrogens is 358 g/mol. The molecule has 6 nitrogen and oxygen atoms in total. The fourth-order valence-corrected chi connectivity index (χ4v) is 2.57. The molecule has 0 atom stereocenters. The van der Waals surface area contributed by atoms with Crippen molar-refractivity contribution in [2.24, 2.45) is 0 Å². The molecule has 0 radical (unpaired) electrons. The lowest BCUT2D eigenvalue weighted by Crippen LogP contribution is -2.24. The Hall–Kier alpha value is -2.73. The number of carbonyl (C=O) groups is 2. The molecule has 0 spiro atoms. The fourth-order valence-electron chi connectivity index (χ4n) is 2.33. The van der Waals surface area contributed by atoms with E-state index in [0.29, 0.717) is 29.7 Å². The Kier molecular flexibility index (Phi) is 7.29. The lowest BCUT2D eigenvalue weighted by Gasteiger charge is -2.12. The highest BCUT2D eigenvalue weighted by Gasteiger charge is 2.12. The highest BCUT2D eigenvalue weighted by atomic mass is 35.5. The number of carbonyl (C=O) groups excluding carboxylic acids is 1. The maximum absolute atomic E-state index is 12.2. The van der Waals surface area contributed by atoms with Crippen LogP contribution in [0.5, 0.6) is 11.5 Å². The monoisotopic (exact) mass is 377 g/mol. The van der Waals surface area contributed by atoms with E-state index in [4.69, 9.17) is 26.2 Å². The number of hydrogen-bond acceptors (Lipinski definition) is 4. The molecule has 2 aromatic carbocycles. The van der Waals surface area contributed by atoms with Crippen LogP contribution in [0, 0.1) is 0 Å². The number of benzene rings is 2. The van der Waals surface area contributed by atoms with Gasteiger partial charge in [0.2, 0.25) is 5.91 Å². The Morgan fingerprint density at radius 3 is 2.65 bits per heavy atom. The number of carboxylic acid groups (broad SMARTS) is 1. The summed E-state index contributed by atoms with van der Waals surface area (Å²) in [4.78, 5) is 22.8. The molecule has 0 aliphatic heterocycles. The van der Waals surface area contributed by atoms with Crippen molar-refractivity contribution in [3.8, 4) is 11.5 Å². The standard InChI is InChI=1S/C19H20ClNO5/c1-2-25-19-14(6-4-8-16(19)20)10-17(22)21-11-13-5-3-7-15(9-13)26-12-18(23)24/h3-9H,2,10-12H2,1H3,(H,21,22)(H,23,24). The molecule has 0 aromatic heterocycles. The van der Waals surface area contributed by atoms with E-state index < -0.39 is 12.6 Å². The predicted octanol–water partition coefficient (Wildman–Crippen LogP) is 3.06. The van der Waals surface area contributed by atoms with Gasteiger partial charge in [0.1, 0.15) is 11.5 Å². The predicted molar refractivity (Wildman–Crippen MR) is 97.7 cm³/mol. The van der Waals surface area contributed by atoms with Gasteiger partial charge in [-0.25, -0.2) is 4.79 Å². The molecule has 0 aliphatic rings. The van der Waals surface area contributed by atoms with Crippen LogP contribution < -0.4 is 14.8 Å². The zero-order valence-electron chi connectivity index (χ0n) is 14.3. The lowest BCUT2D eigenvalue weighted by atomic mass is 10.1. The number of para-hydroxylation sites is 1. The van der Waals surface area contributed by atoms with Gasteiger partial charge in [0.15, 0.2) is 6.61 Å². The van der Waals surface area contributed by atoms with Crippen LogP contribution >= 0.6 is 11.6 Å². The average molecular weight is 378 g/mol. The van der Waals surface area contributed by atoms with Gasteiger partial charge in [-0.05, 0) is 30.7 Å². The van der Waals surface area contributed by atoms with E-state index >= 15 is 0 Å². The van der Waals surface area contributed by atoms with Gasteiger partial charge in [-0.15, -0.1) is 0 Å². The number of hydrogen-bond donors (Lipinski definition) is 2. The Morgan fingerprint density at radius 2 is 1.92 bits per heavy atom. The highest BCUT2D eigenvalue weighted by molar-refractivity contribution is 6.32. The molecular formula is C19H20ClNO5. The summed E-state index contributed by atoms with van der Waals surface area (Å²) in [6.45, 7) is 2.20. The number of rotatable bonds is 9. The van der Waals surface area contributed by atoms with E-state index in [1.807, 2.05) is 13.0 Å². The van der Waals surface area contributed by atoms with Crippen LogP contribution in [0.4, 0.5) is 0 Å². The van der Waals surface area contributed by atoms with E-state index in [1.165, 1.54) is 0 Å². The van der Waals surface area contributed by atoms with Crippen LogP contribution in [0.15, 0.2) is 42.5 Å². The highest BCUT2D eigenvalue weighted by Crippen LogP contribution is 2.29. The number of carboxylic acids is 1. The molecule has 0 bridgehead atoms. The van der Waals surface area contributed by atoms with Crippen molar-refractivity contribution in [1.29, 1.82) is 0 Å². The minimum Gasteiger partial charge on any atom is -0.492 e.